The molecule has 0 spiro atoms. The molecule has 0 saturated heterocycles. The fourth-order valence-corrected chi connectivity index (χ4v) is 2.21. The van der Waals surface area contributed by atoms with Crippen molar-refractivity contribution in [2.24, 2.45) is 5.41 Å². The minimum absolute atomic E-state index is 0.612. The van der Waals surface area contributed by atoms with Gasteiger partial charge in [0.15, 0.2) is 0 Å². The van der Waals surface area contributed by atoms with Gasteiger partial charge in [-0.05, 0) is 39.3 Å². The zero-order valence-electron chi connectivity index (χ0n) is 8.13. The third kappa shape index (κ3) is 2.56. The predicted molar refractivity (Wildman–Crippen MR) is 54.2 cm³/mol. The van der Waals surface area contributed by atoms with Gasteiger partial charge in [-0.25, -0.2) is 0 Å². The Kier molecular flexibility index (Phi) is 2.76. The maximum Gasteiger partial charge on any atom is 0.309 e. The number of aryl methyl sites for hydroxylation is 1. The maximum absolute atomic E-state index is 10.8. The van der Waals surface area contributed by atoms with E-state index in [4.69, 9.17) is 5.11 Å². The van der Waals surface area contributed by atoms with E-state index < -0.39 is 11.4 Å². The first-order valence-electron chi connectivity index (χ1n) is 4.20. The molecule has 0 aromatic carbocycles. The molecular weight excluding hydrogens is 184 g/mol. The lowest BCUT2D eigenvalue weighted by molar-refractivity contribution is -0.146. The third-order valence-electron chi connectivity index (χ3n) is 1.99. The SMILES string of the molecule is Cc1ccc(CC(C)(C)C(=O)O)s1. The van der Waals surface area contributed by atoms with Gasteiger partial charge in [0.25, 0.3) is 0 Å². The first-order valence-corrected chi connectivity index (χ1v) is 5.02. The van der Waals surface area contributed by atoms with Crippen molar-refractivity contribution in [1.82, 2.24) is 0 Å². The largest absolute Gasteiger partial charge is 0.481 e. The van der Waals surface area contributed by atoms with Gasteiger partial charge in [0.2, 0.25) is 0 Å². The van der Waals surface area contributed by atoms with E-state index in [1.165, 1.54) is 4.88 Å². The van der Waals surface area contributed by atoms with Crippen LogP contribution in [-0.4, -0.2) is 11.1 Å². The second kappa shape index (κ2) is 3.50. The quantitative estimate of drug-likeness (QED) is 0.810. The Morgan fingerprint density at radius 2 is 2.15 bits per heavy atom. The summed E-state index contributed by atoms with van der Waals surface area (Å²) in [5.74, 6) is -0.737. The molecule has 3 heteroatoms. The first kappa shape index (κ1) is 10.3. The van der Waals surface area contributed by atoms with Gasteiger partial charge in [0, 0.05) is 9.75 Å². The van der Waals surface area contributed by atoms with Gasteiger partial charge in [-0.2, -0.15) is 0 Å². The fourth-order valence-electron chi connectivity index (χ4n) is 1.09. The monoisotopic (exact) mass is 198 g/mol. The molecule has 0 bridgehead atoms. The molecule has 0 atom stereocenters. The number of rotatable bonds is 3. The predicted octanol–water partition coefficient (Wildman–Crippen LogP) is 2.71. The van der Waals surface area contributed by atoms with Gasteiger partial charge in [-0.15, -0.1) is 11.3 Å². The molecule has 0 aliphatic carbocycles. The van der Waals surface area contributed by atoms with Crippen LogP contribution in [-0.2, 0) is 11.2 Å². The summed E-state index contributed by atoms with van der Waals surface area (Å²) in [6, 6.07) is 4.03. The number of carbonyl (C=O) groups is 1. The van der Waals surface area contributed by atoms with Crippen LogP contribution in [0.4, 0.5) is 0 Å². The molecule has 0 radical (unpaired) electrons. The molecule has 1 aromatic rings. The van der Waals surface area contributed by atoms with Crippen LogP contribution in [0.15, 0.2) is 12.1 Å². The molecular formula is C10H14O2S. The zero-order chi connectivity index (χ0) is 10.1. The standard InChI is InChI=1S/C10H14O2S/c1-7-4-5-8(13-7)6-10(2,3)9(11)12/h4-5H,6H2,1-3H3,(H,11,12). The van der Waals surface area contributed by atoms with Crippen molar-refractivity contribution < 1.29 is 9.90 Å². The average Bonchev–Trinajstić information content (AvgIpc) is 2.34. The summed E-state index contributed by atoms with van der Waals surface area (Å²) in [5, 5.41) is 8.91. The highest BCUT2D eigenvalue weighted by Crippen LogP contribution is 2.26. The van der Waals surface area contributed by atoms with E-state index in [9.17, 15) is 4.79 Å². The lowest BCUT2D eigenvalue weighted by Gasteiger charge is -2.17. The van der Waals surface area contributed by atoms with E-state index in [1.807, 2.05) is 19.1 Å². The zero-order valence-corrected chi connectivity index (χ0v) is 8.94. The van der Waals surface area contributed by atoms with Crippen molar-refractivity contribution in [3.05, 3.63) is 21.9 Å². The van der Waals surface area contributed by atoms with Gasteiger partial charge in [0.05, 0.1) is 5.41 Å². The lowest BCUT2D eigenvalue weighted by Crippen LogP contribution is -2.25. The second-order valence-electron chi connectivity index (χ2n) is 3.88. The molecule has 0 fully saturated rings. The summed E-state index contributed by atoms with van der Waals surface area (Å²) in [6.45, 7) is 5.54. The van der Waals surface area contributed by atoms with Crippen LogP contribution in [0.1, 0.15) is 23.6 Å². The van der Waals surface area contributed by atoms with E-state index in [1.54, 1.807) is 25.2 Å². The maximum atomic E-state index is 10.8. The Morgan fingerprint density at radius 3 is 2.54 bits per heavy atom. The Hall–Kier alpha value is -0.830. The Morgan fingerprint density at radius 1 is 1.54 bits per heavy atom. The number of aliphatic carboxylic acids is 1. The average molecular weight is 198 g/mol. The normalized spacial score (nSPS) is 11.6. The molecule has 0 amide bonds. The Balaban J connectivity index is 2.74. The molecule has 1 aromatic heterocycles. The van der Waals surface area contributed by atoms with Crippen LogP contribution in [0.3, 0.4) is 0 Å². The van der Waals surface area contributed by atoms with E-state index >= 15 is 0 Å². The van der Waals surface area contributed by atoms with Crippen LogP contribution in [0.25, 0.3) is 0 Å². The summed E-state index contributed by atoms with van der Waals surface area (Å²) >= 11 is 1.67. The highest BCUT2D eigenvalue weighted by Gasteiger charge is 2.27. The van der Waals surface area contributed by atoms with Crippen molar-refractivity contribution in [3.63, 3.8) is 0 Å². The molecule has 1 heterocycles. The summed E-state index contributed by atoms with van der Waals surface area (Å²) in [4.78, 5) is 13.2. The molecule has 1 rings (SSSR count). The number of carboxylic acids is 1. The van der Waals surface area contributed by atoms with Crippen LogP contribution >= 0.6 is 11.3 Å². The van der Waals surface area contributed by atoms with E-state index in [-0.39, 0.29) is 0 Å². The molecule has 0 unspecified atom stereocenters. The second-order valence-corrected chi connectivity index (χ2v) is 5.25. The number of hydrogen-bond donors (Lipinski definition) is 1. The summed E-state index contributed by atoms with van der Waals surface area (Å²) < 4.78 is 0. The van der Waals surface area contributed by atoms with Gasteiger partial charge in [-0.1, -0.05) is 0 Å². The molecule has 1 N–H and O–H groups in total. The Labute approximate surface area is 82.2 Å². The first-order chi connectivity index (χ1) is 5.92. The molecule has 13 heavy (non-hydrogen) atoms. The van der Waals surface area contributed by atoms with Gasteiger partial charge in [0.1, 0.15) is 0 Å². The smallest absolute Gasteiger partial charge is 0.309 e. The summed E-state index contributed by atoms with van der Waals surface area (Å²) in [7, 11) is 0. The molecule has 2 nitrogen and oxygen atoms in total. The number of thiophene rings is 1. The Bertz CT molecular complexity index is 312. The van der Waals surface area contributed by atoms with Crippen molar-refractivity contribution in [2.45, 2.75) is 27.2 Å². The van der Waals surface area contributed by atoms with Crippen LogP contribution < -0.4 is 0 Å². The van der Waals surface area contributed by atoms with Crippen LogP contribution in [0.5, 0.6) is 0 Å². The van der Waals surface area contributed by atoms with Gasteiger partial charge in [-0.3, -0.25) is 4.79 Å². The minimum atomic E-state index is -0.737. The summed E-state index contributed by atoms with van der Waals surface area (Å²) in [6.07, 6.45) is 0.612. The van der Waals surface area contributed by atoms with Crippen molar-refractivity contribution >= 4 is 17.3 Å². The lowest BCUT2D eigenvalue weighted by atomic mass is 9.89. The van der Waals surface area contributed by atoms with Crippen LogP contribution in [0, 0.1) is 12.3 Å². The topological polar surface area (TPSA) is 37.3 Å². The van der Waals surface area contributed by atoms with Gasteiger partial charge < -0.3 is 5.11 Å². The third-order valence-corrected chi connectivity index (χ3v) is 2.99. The fraction of sp³-hybridized carbons (Fsp3) is 0.500. The minimum Gasteiger partial charge on any atom is -0.481 e. The molecule has 0 aliphatic rings. The van der Waals surface area contributed by atoms with Crippen molar-refractivity contribution in [1.29, 1.82) is 0 Å². The van der Waals surface area contributed by atoms with Gasteiger partial charge >= 0.3 is 5.97 Å². The highest BCUT2D eigenvalue weighted by atomic mass is 32.1. The van der Waals surface area contributed by atoms with Crippen LogP contribution in [0.2, 0.25) is 0 Å². The van der Waals surface area contributed by atoms with E-state index in [0.29, 0.717) is 6.42 Å². The summed E-state index contributed by atoms with van der Waals surface area (Å²) in [5.41, 5.74) is -0.655. The molecule has 0 aliphatic heterocycles. The number of hydrogen-bond acceptors (Lipinski definition) is 2. The highest BCUT2D eigenvalue weighted by molar-refractivity contribution is 7.11. The van der Waals surface area contributed by atoms with E-state index in [2.05, 4.69) is 0 Å². The van der Waals surface area contributed by atoms with E-state index in [0.717, 1.165) is 4.88 Å². The number of carboxylic acid groups (broad SMARTS) is 1. The van der Waals surface area contributed by atoms with Crippen molar-refractivity contribution in [3.8, 4) is 0 Å². The van der Waals surface area contributed by atoms with Crippen molar-refractivity contribution in [2.75, 3.05) is 0 Å². The molecule has 0 saturated carbocycles. The molecule has 72 valence electrons.